The number of hydrogen-bond acceptors (Lipinski definition) is 4. The summed E-state index contributed by atoms with van der Waals surface area (Å²) in [7, 11) is 0. The molecule has 134 valence electrons. The lowest BCUT2D eigenvalue weighted by Gasteiger charge is -2.18. The summed E-state index contributed by atoms with van der Waals surface area (Å²) in [5, 5.41) is 0. The van der Waals surface area contributed by atoms with Crippen molar-refractivity contribution >= 4 is 17.9 Å². The summed E-state index contributed by atoms with van der Waals surface area (Å²) in [5.41, 5.74) is 1.78. The molecule has 0 saturated heterocycles. The van der Waals surface area contributed by atoms with Gasteiger partial charge in [0.1, 0.15) is 6.61 Å². The fourth-order valence-electron chi connectivity index (χ4n) is 2.80. The molecule has 0 atom stereocenters. The van der Waals surface area contributed by atoms with Gasteiger partial charge >= 0.3 is 0 Å². The summed E-state index contributed by atoms with van der Waals surface area (Å²) in [6.45, 7) is 7.98. The van der Waals surface area contributed by atoms with Crippen LogP contribution in [0.4, 0.5) is 0 Å². The Morgan fingerprint density at radius 2 is 1.69 bits per heavy atom. The number of carbonyl (C=O) groups is 2. The van der Waals surface area contributed by atoms with Crippen LogP contribution in [-0.2, 0) is 0 Å². The van der Waals surface area contributed by atoms with Gasteiger partial charge in [0.15, 0.2) is 11.5 Å². The highest BCUT2D eigenvalue weighted by Gasteiger charge is 2.34. The minimum absolute atomic E-state index is 0.00293. The molecule has 1 aliphatic heterocycles. The summed E-state index contributed by atoms with van der Waals surface area (Å²) >= 11 is 0. The highest BCUT2D eigenvalue weighted by molar-refractivity contribution is 6.21. The van der Waals surface area contributed by atoms with Gasteiger partial charge in [0.25, 0.3) is 11.8 Å². The maximum atomic E-state index is 12.4. The number of imide groups is 1. The molecular formula is C21H21NO4. The van der Waals surface area contributed by atoms with Gasteiger partial charge in [0.05, 0.1) is 23.8 Å². The zero-order chi connectivity index (χ0) is 18.7. The highest BCUT2D eigenvalue weighted by atomic mass is 16.5. The van der Waals surface area contributed by atoms with Crippen molar-refractivity contribution in [3.63, 3.8) is 0 Å². The van der Waals surface area contributed by atoms with Crippen LogP contribution in [0.2, 0.25) is 0 Å². The molecule has 5 nitrogen and oxygen atoms in total. The van der Waals surface area contributed by atoms with E-state index in [9.17, 15) is 9.59 Å². The number of ether oxygens (including phenoxy) is 2. The minimum atomic E-state index is -0.285. The number of fused-ring (bicyclic) bond motifs is 1. The van der Waals surface area contributed by atoms with Crippen molar-refractivity contribution in [1.29, 1.82) is 0 Å². The second-order valence-electron chi connectivity index (χ2n) is 6.23. The zero-order valence-electron chi connectivity index (χ0n) is 14.9. The van der Waals surface area contributed by atoms with Gasteiger partial charge in [0, 0.05) is 0 Å². The second kappa shape index (κ2) is 7.44. The van der Waals surface area contributed by atoms with Crippen LogP contribution < -0.4 is 9.47 Å². The van der Waals surface area contributed by atoms with Crippen molar-refractivity contribution in [3.05, 3.63) is 65.7 Å². The molecule has 3 rings (SSSR count). The fraction of sp³-hybridized carbons (Fsp3) is 0.238. The van der Waals surface area contributed by atoms with Crippen molar-refractivity contribution in [2.24, 2.45) is 0 Å². The van der Waals surface area contributed by atoms with Crippen molar-refractivity contribution < 1.29 is 19.1 Å². The van der Waals surface area contributed by atoms with E-state index >= 15 is 0 Å². The molecular weight excluding hydrogens is 330 g/mol. The lowest BCUT2D eigenvalue weighted by atomic mass is 10.1. The van der Waals surface area contributed by atoms with Crippen LogP contribution in [0.25, 0.3) is 6.08 Å². The van der Waals surface area contributed by atoms with E-state index in [1.807, 2.05) is 32.0 Å². The summed E-state index contributed by atoms with van der Waals surface area (Å²) in [6.07, 6.45) is 1.72. The SMILES string of the molecule is C=Cc1ccc(OC(C)C)c(OCCN2C(=O)c3ccccc3C2=O)c1. The van der Waals surface area contributed by atoms with Crippen LogP contribution in [0.1, 0.15) is 40.1 Å². The Balaban J connectivity index is 1.70. The average molecular weight is 351 g/mol. The third-order valence-electron chi connectivity index (χ3n) is 4.02. The summed E-state index contributed by atoms with van der Waals surface area (Å²) in [4.78, 5) is 26.0. The fourth-order valence-corrected chi connectivity index (χ4v) is 2.80. The van der Waals surface area contributed by atoms with Crippen molar-refractivity contribution in [1.82, 2.24) is 4.90 Å². The van der Waals surface area contributed by atoms with E-state index < -0.39 is 0 Å². The smallest absolute Gasteiger partial charge is 0.261 e. The molecule has 2 amide bonds. The number of benzene rings is 2. The number of carbonyl (C=O) groups excluding carboxylic acids is 2. The van der Waals surface area contributed by atoms with E-state index in [-0.39, 0.29) is 31.1 Å². The number of amides is 2. The Hall–Kier alpha value is -3.08. The third-order valence-corrected chi connectivity index (χ3v) is 4.02. The third kappa shape index (κ3) is 3.47. The van der Waals surface area contributed by atoms with Gasteiger partial charge in [-0.25, -0.2) is 0 Å². The van der Waals surface area contributed by atoms with Crippen molar-refractivity contribution in [3.8, 4) is 11.5 Å². The van der Waals surface area contributed by atoms with Crippen LogP contribution in [0.3, 0.4) is 0 Å². The highest BCUT2D eigenvalue weighted by Crippen LogP contribution is 2.30. The van der Waals surface area contributed by atoms with E-state index in [1.54, 1.807) is 30.3 Å². The molecule has 0 N–H and O–H groups in total. The second-order valence-corrected chi connectivity index (χ2v) is 6.23. The summed E-state index contributed by atoms with van der Waals surface area (Å²) in [6, 6.07) is 12.4. The molecule has 0 bridgehead atoms. The molecule has 1 aliphatic rings. The van der Waals surface area contributed by atoms with E-state index in [0.717, 1.165) is 5.56 Å². The van der Waals surface area contributed by atoms with Crippen molar-refractivity contribution in [2.45, 2.75) is 20.0 Å². The van der Waals surface area contributed by atoms with Gasteiger partial charge in [0.2, 0.25) is 0 Å². The Morgan fingerprint density at radius 1 is 1.04 bits per heavy atom. The van der Waals surface area contributed by atoms with Crippen LogP contribution >= 0.6 is 0 Å². The monoisotopic (exact) mass is 351 g/mol. The first-order valence-corrected chi connectivity index (χ1v) is 8.52. The van der Waals surface area contributed by atoms with Crippen LogP contribution in [0.5, 0.6) is 11.5 Å². The van der Waals surface area contributed by atoms with Gasteiger partial charge in [-0.15, -0.1) is 0 Å². The lowest BCUT2D eigenvalue weighted by molar-refractivity contribution is 0.0630. The predicted molar refractivity (Wildman–Crippen MR) is 99.6 cm³/mol. The van der Waals surface area contributed by atoms with E-state index in [1.165, 1.54) is 4.90 Å². The molecule has 2 aromatic rings. The Labute approximate surface area is 152 Å². The Bertz CT molecular complexity index is 822. The molecule has 0 fully saturated rings. The van der Waals surface area contributed by atoms with Gasteiger partial charge in [-0.1, -0.05) is 30.9 Å². The standard InChI is InChI=1S/C21H21NO4/c1-4-15-9-10-18(26-14(2)3)19(13-15)25-12-11-22-20(23)16-7-5-6-8-17(16)21(22)24/h4-10,13-14H,1,11-12H2,2-3H3. The number of hydrogen-bond donors (Lipinski definition) is 0. The van der Waals surface area contributed by atoms with Crippen LogP contribution in [0.15, 0.2) is 49.0 Å². The maximum absolute atomic E-state index is 12.4. The molecule has 0 spiro atoms. The molecule has 0 aliphatic carbocycles. The van der Waals surface area contributed by atoms with Gasteiger partial charge in [-0.2, -0.15) is 0 Å². The van der Waals surface area contributed by atoms with Crippen molar-refractivity contribution in [2.75, 3.05) is 13.2 Å². The van der Waals surface area contributed by atoms with E-state index in [4.69, 9.17) is 9.47 Å². The lowest BCUT2D eigenvalue weighted by Crippen LogP contribution is -2.33. The minimum Gasteiger partial charge on any atom is -0.488 e. The normalized spacial score (nSPS) is 13.1. The molecule has 2 aromatic carbocycles. The van der Waals surface area contributed by atoms with Gasteiger partial charge in [-0.3, -0.25) is 14.5 Å². The largest absolute Gasteiger partial charge is 0.488 e. The first-order chi connectivity index (χ1) is 12.5. The number of nitrogens with zero attached hydrogens (tertiary/aromatic N) is 1. The topological polar surface area (TPSA) is 55.8 Å². The molecule has 5 heteroatoms. The van der Waals surface area contributed by atoms with Crippen LogP contribution in [-0.4, -0.2) is 36.0 Å². The first-order valence-electron chi connectivity index (χ1n) is 8.52. The number of rotatable bonds is 7. The molecule has 0 aromatic heterocycles. The van der Waals surface area contributed by atoms with Crippen LogP contribution in [0, 0.1) is 0 Å². The Kier molecular flexibility index (Phi) is 5.07. The molecule has 0 unspecified atom stereocenters. The quantitative estimate of drug-likeness (QED) is 0.712. The maximum Gasteiger partial charge on any atom is 0.261 e. The molecule has 1 heterocycles. The molecule has 0 saturated carbocycles. The van der Waals surface area contributed by atoms with Gasteiger partial charge in [-0.05, 0) is 43.7 Å². The zero-order valence-corrected chi connectivity index (χ0v) is 14.9. The summed E-state index contributed by atoms with van der Waals surface area (Å²) < 4.78 is 11.6. The Morgan fingerprint density at radius 3 is 2.27 bits per heavy atom. The average Bonchev–Trinajstić information content (AvgIpc) is 2.87. The van der Waals surface area contributed by atoms with E-state index in [2.05, 4.69) is 6.58 Å². The first kappa shape index (κ1) is 17.7. The molecule has 0 radical (unpaired) electrons. The summed E-state index contributed by atoms with van der Waals surface area (Å²) in [5.74, 6) is 0.612. The molecule has 26 heavy (non-hydrogen) atoms. The van der Waals surface area contributed by atoms with E-state index in [0.29, 0.717) is 22.6 Å². The predicted octanol–water partition coefficient (Wildman–Crippen LogP) is 3.79. The van der Waals surface area contributed by atoms with Gasteiger partial charge < -0.3 is 9.47 Å².